The van der Waals surface area contributed by atoms with Gasteiger partial charge in [0.15, 0.2) is 5.82 Å². The van der Waals surface area contributed by atoms with Crippen molar-refractivity contribution in [3.8, 4) is 11.9 Å². The van der Waals surface area contributed by atoms with E-state index in [0.29, 0.717) is 22.8 Å². The molecule has 2 aromatic rings. The summed E-state index contributed by atoms with van der Waals surface area (Å²) in [6, 6.07) is 3.88. The summed E-state index contributed by atoms with van der Waals surface area (Å²) in [5, 5.41) is 24.5. The maximum absolute atomic E-state index is 11.0. The van der Waals surface area contributed by atoms with Crippen LogP contribution in [0.5, 0.6) is 0 Å². The zero-order valence-corrected chi connectivity index (χ0v) is 11.6. The monoisotopic (exact) mass is 271 g/mol. The van der Waals surface area contributed by atoms with Crippen molar-refractivity contribution in [1.82, 2.24) is 14.8 Å². The van der Waals surface area contributed by atoms with Gasteiger partial charge in [0.05, 0.1) is 10.5 Å². The molecule has 0 aliphatic carbocycles. The number of aryl methyl sites for hydroxylation is 3. The van der Waals surface area contributed by atoms with Gasteiger partial charge >= 0.3 is 5.69 Å². The molecule has 0 atom stereocenters. The van der Waals surface area contributed by atoms with E-state index < -0.39 is 4.92 Å². The Morgan fingerprint density at radius 3 is 2.50 bits per heavy atom. The predicted molar refractivity (Wildman–Crippen MR) is 71.7 cm³/mol. The van der Waals surface area contributed by atoms with Crippen LogP contribution in [0.15, 0.2) is 6.07 Å². The summed E-state index contributed by atoms with van der Waals surface area (Å²) < 4.78 is 1.37. The largest absolute Gasteiger partial charge is 0.313 e. The van der Waals surface area contributed by atoms with Gasteiger partial charge in [-0.3, -0.25) is 10.1 Å². The highest BCUT2D eigenvalue weighted by Gasteiger charge is 2.24. The average Bonchev–Trinajstić information content (AvgIpc) is 2.63. The standard InChI is InChI=1S/C13H13N5O2/c1-7-5-8(2)15-13(11(7)6-14)17-10(4)12(18(19)20)9(3)16-17/h5H,1-4H3. The van der Waals surface area contributed by atoms with Gasteiger partial charge in [-0.1, -0.05) is 0 Å². The number of pyridine rings is 1. The van der Waals surface area contributed by atoms with Crippen LogP contribution in [0.3, 0.4) is 0 Å². The molecule has 0 saturated heterocycles. The van der Waals surface area contributed by atoms with Gasteiger partial charge in [0, 0.05) is 5.69 Å². The second-order valence-electron chi connectivity index (χ2n) is 4.58. The van der Waals surface area contributed by atoms with E-state index >= 15 is 0 Å². The van der Waals surface area contributed by atoms with E-state index in [2.05, 4.69) is 16.2 Å². The molecule has 0 spiro atoms. The number of hydrogen-bond donors (Lipinski definition) is 0. The van der Waals surface area contributed by atoms with E-state index in [1.165, 1.54) is 4.68 Å². The molecule has 0 fully saturated rings. The highest BCUT2D eigenvalue weighted by Crippen LogP contribution is 2.26. The second kappa shape index (κ2) is 4.74. The molecule has 0 bridgehead atoms. The van der Waals surface area contributed by atoms with E-state index in [9.17, 15) is 15.4 Å². The Hall–Kier alpha value is -2.75. The SMILES string of the molecule is Cc1cc(C)c(C#N)c(-n2nc(C)c([N+](=O)[O-])c2C)n1. The second-order valence-corrected chi connectivity index (χ2v) is 4.58. The Labute approximate surface area is 115 Å². The van der Waals surface area contributed by atoms with Gasteiger partial charge in [0.1, 0.15) is 17.5 Å². The molecule has 2 heterocycles. The molecule has 0 radical (unpaired) electrons. The fourth-order valence-electron chi connectivity index (χ4n) is 2.21. The van der Waals surface area contributed by atoms with Gasteiger partial charge in [0.2, 0.25) is 0 Å². The van der Waals surface area contributed by atoms with Gasteiger partial charge in [-0.25, -0.2) is 9.67 Å². The first kappa shape index (κ1) is 13.7. The maximum atomic E-state index is 11.0. The minimum atomic E-state index is -0.469. The zero-order valence-electron chi connectivity index (χ0n) is 11.6. The lowest BCUT2D eigenvalue weighted by atomic mass is 10.1. The number of aromatic nitrogens is 3. The molecule has 0 N–H and O–H groups in total. The highest BCUT2D eigenvalue weighted by molar-refractivity contribution is 5.52. The molecule has 0 aliphatic rings. The Morgan fingerprint density at radius 1 is 1.35 bits per heavy atom. The Balaban J connectivity index is 2.80. The Kier molecular flexibility index (Phi) is 3.24. The van der Waals surface area contributed by atoms with Crippen LogP contribution in [0, 0.1) is 49.1 Å². The molecule has 0 aliphatic heterocycles. The van der Waals surface area contributed by atoms with Crippen LogP contribution in [0.4, 0.5) is 5.69 Å². The third-order valence-electron chi connectivity index (χ3n) is 3.07. The van der Waals surface area contributed by atoms with Gasteiger partial charge in [-0.15, -0.1) is 0 Å². The average molecular weight is 271 g/mol. The van der Waals surface area contributed by atoms with Crippen LogP contribution in [0.25, 0.3) is 5.82 Å². The highest BCUT2D eigenvalue weighted by atomic mass is 16.6. The summed E-state index contributed by atoms with van der Waals surface area (Å²) >= 11 is 0. The van der Waals surface area contributed by atoms with Gasteiger partial charge in [0.25, 0.3) is 0 Å². The van der Waals surface area contributed by atoms with Crippen molar-refractivity contribution >= 4 is 5.69 Å². The summed E-state index contributed by atoms with van der Waals surface area (Å²) in [4.78, 5) is 14.9. The third kappa shape index (κ3) is 2.01. The van der Waals surface area contributed by atoms with E-state index in [-0.39, 0.29) is 5.69 Å². The fraction of sp³-hybridized carbons (Fsp3) is 0.308. The first-order chi connectivity index (χ1) is 9.36. The van der Waals surface area contributed by atoms with Crippen LogP contribution in [-0.4, -0.2) is 19.7 Å². The van der Waals surface area contributed by atoms with Crippen molar-refractivity contribution < 1.29 is 4.92 Å². The predicted octanol–water partition coefficient (Wildman–Crippen LogP) is 2.28. The van der Waals surface area contributed by atoms with E-state index in [1.54, 1.807) is 33.8 Å². The lowest BCUT2D eigenvalue weighted by Gasteiger charge is -2.08. The first-order valence-corrected chi connectivity index (χ1v) is 5.96. The van der Waals surface area contributed by atoms with E-state index in [0.717, 1.165) is 11.3 Å². The molecule has 0 unspecified atom stereocenters. The van der Waals surface area contributed by atoms with Crippen LogP contribution >= 0.6 is 0 Å². The van der Waals surface area contributed by atoms with Gasteiger partial charge in [-0.05, 0) is 39.3 Å². The molecule has 0 saturated carbocycles. The summed E-state index contributed by atoms with van der Waals surface area (Å²) in [7, 11) is 0. The third-order valence-corrected chi connectivity index (χ3v) is 3.07. The van der Waals surface area contributed by atoms with Crippen molar-refractivity contribution in [2.75, 3.05) is 0 Å². The Bertz CT molecular complexity index is 755. The topological polar surface area (TPSA) is 97.6 Å². The molecule has 2 aromatic heterocycles. The molecular weight excluding hydrogens is 258 g/mol. The number of nitriles is 1. The van der Waals surface area contributed by atoms with Crippen molar-refractivity contribution in [3.63, 3.8) is 0 Å². The number of nitro groups is 1. The number of nitrogens with zero attached hydrogens (tertiary/aromatic N) is 5. The van der Waals surface area contributed by atoms with Crippen molar-refractivity contribution in [1.29, 1.82) is 5.26 Å². The van der Waals surface area contributed by atoms with E-state index in [1.807, 2.05) is 0 Å². The van der Waals surface area contributed by atoms with Crippen LogP contribution < -0.4 is 0 Å². The minimum Gasteiger partial charge on any atom is -0.258 e. The number of rotatable bonds is 2. The van der Waals surface area contributed by atoms with Crippen LogP contribution in [0.1, 0.15) is 28.2 Å². The molecular formula is C13H13N5O2. The van der Waals surface area contributed by atoms with Gasteiger partial charge < -0.3 is 0 Å². The quantitative estimate of drug-likeness (QED) is 0.616. The zero-order chi connectivity index (χ0) is 15.0. The Morgan fingerprint density at radius 2 is 2.00 bits per heavy atom. The van der Waals surface area contributed by atoms with Crippen LogP contribution in [-0.2, 0) is 0 Å². The summed E-state index contributed by atoms with van der Waals surface area (Å²) in [6.45, 7) is 6.77. The maximum Gasteiger partial charge on any atom is 0.313 e. The van der Waals surface area contributed by atoms with Crippen LogP contribution in [0.2, 0.25) is 0 Å². The molecule has 2 rings (SSSR count). The summed E-state index contributed by atoms with van der Waals surface area (Å²) in [6.07, 6.45) is 0. The summed E-state index contributed by atoms with van der Waals surface area (Å²) in [5.74, 6) is 0.332. The van der Waals surface area contributed by atoms with Gasteiger partial charge in [-0.2, -0.15) is 10.4 Å². The minimum absolute atomic E-state index is 0.0464. The lowest BCUT2D eigenvalue weighted by Crippen LogP contribution is -2.07. The molecule has 7 heteroatoms. The molecule has 20 heavy (non-hydrogen) atoms. The number of hydrogen-bond acceptors (Lipinski definition) is 5. The first-order valence-electron chi connectivity index (χ1n) is 5.96. The lowest BCUT2D eigenvalue weighted by molar-refractivity contribution is -0.386. The van der Waals surface area contributed by atoms with Crippen molar-refractivity contribution in [2.24, 2.45) is 0 Å². The molecule has 7 nitrogen and oxygen atoms in total. The fourth-order valence-corrected chi connectivity index (χ4v) is 2.21. The molecule has 102 valence electrons. The smallest absolute Gasteiger partial charge is 0.258 e. The van der Waals surface area contributed by atoms with E-state index in [4.69, 9.17) is 0 Å². The van der Waals surface area contributed by atoms with Crippen molar-refractivity contribution in [2.45, 2.75) is 27.7 Å². The summed E-state index contributed by atoms with van der Waals surface area (Å²) in [5.41, 5.74) is 2.49. The van der Waals surface area contributed by atoms with Crippen molar-refractivity contribution in [3.05, 3.63) is 44.4 Å². The molecule has 0 aromatic carbocycles. The normalized spacial score (nSPS) is 10.3. The molecule has 0 amide bonds.